The van der Waals surface area contributed by atoms with Gasteiger partial charge in [-0.25, -0.2) is 4.98 Å². The Hall–Kier alpha value is -3.23. The van der Waals surface area contributed by atoms with E-state index < -0.39 is 0 Å². The minimum atomic E-state index is 0.0634. The summed E-state index contributed by atoms with van der Waals surface area (Å²) in [6.07, 6.45) is 0. The molecule has 0 atom stereocenters. The number of hydrogen-bond acceptors (Lipinski definition) is 2. The highest BCUT2D eigenvalue weighted by molar-refractivity contribution is 7.21. The van der Waals surface area contributed by atoms with Crippen molar-refractivity contribution in [2.75, 3.05) is 0 Å². The zero-order chi connectivity index (χ0) is 24.7. The van der Waals surface area contributed by atoms with E-state index in [2.05, 4.69) is 126 Å². The molecule has 1 aromatic heterocycles. The summed E-state index contributed by atoms with van der Waals surface area (Å²) in [6, 6.07) is 31.1. The van der Waals surface area contributed by atoms with Crippen LogP contribution in [0.2, 0.25) is 0 Å². The van der Waals surface area contributed by atoms with Crippen molar-refractivity contribution in [2.45, 2.75) is 52.9 Å². The zero-order valence-electron chi connectivity index (χ0n) is 21.5. The Labute approximate surface area is 213 Å². The lowest BCUT2D eigenvalue weighted by atomic mass is 9.85. The molecular formula is C33H33NS. The molecule has 1 nitrogen and oxygen atoms in total. The van der Waals surface area contributed by atoms with Crippen LogP contribution in [0.15, 0.2) is 84.9 Å². The van der Waals surface area contributed by atoms with Gasteiger partial charge in [-0.05, 0) is 63.8 Å². The number of fused-ring (bicyclic) bond motifs is 1. The first kappa shape index (κ1) is 23.5. The largest absolute Gasteiger partial charge is 0.235 e. The minimum Gasteiger partial charge on any atom is -0.235 e. The van der Waals surface area contributed by atoms with Crippen molar-refractivity contribution in [2.24, 2.45) is 0 Å². The minimum absolute atomic E-state index is 0.0634. The Morgan fingerprint density at radius 2 is 1.31 bits per heavy atom. The third kappa shape index (κ3) is 4.68. The predicted molar refractivity (Wildman–Crippen MR) is 153 cm³/mol. The van der Waals surface area contributed by atoms with E-state index in [4.69, 9.17) is 4.98 Å². The molecule has 0 unspecified atom stereocenters. The molecule has 0 spiro atoms. The lowest BCUT2D eigenvalue weighted by Crippen LogP contribution is -2.11. The molecule has 2 heteroatoms. The maximum atomic E-state index is 5.17. The number of hydrogen-bond donors (Lipinski definition) is 0. The van der Waals surface area contributed by atoms with Gasteiger partial charge in [-0.15, -0.1) is 11.3 Å². The first-order valence-electron chi connectivity index (χ1n) is 12.4. The normalized spacial score (nSPS) is 12.0. The van der Waals surface area contributed by atoms with Crippen LogP contribution in [0.5, 0.6) is 0 Å². The number of thiazole rings is 1. The first-order valence-corrected chi connectivity index (χ1v) is 13.2. The maximum Gasteiger partial charge on any atom is 0.124 e. The fourth-order valence-corrected chi connectivity index (χ4v) is 5.64. The summed E-state index contributed by atoms with van der Waals surface area (Å²) in [7, 11) is 0. The quantitative estimate of drug-likeness (QED) is 0.252. The average Bonchev–Trinajstić information content (AvgIpc) is 3.27. The third-order valence-corrected chi connectivity index (χ3v) is 7.88. The monoisotopic (exact) mass is 475 g/mol. The molecule has 0 saturated carbocycles. The summed E-state index contributed by atoms with van der Waals surface area (Å²) in [5.74, 6) is 0.548. The molecule has 0 amide bonds. The Kier molecular flexibility index (Phi) is 6.11. The van der Waals surface area contributed by atoms with Crippen molar-refractivity contribution in [3.63, 3.8) is 0 Å². The number of nitrogens with zero attached hydrogens (tertiary/aromatic N) is 1. The Morgan fingerprint density at radius 3 is 1.91 bits per heavy atom. The zero-order valence-corrected chi connectivity index (χ0v) is 22.3. The molecule has 5 rings (SSSR count). The van der Waals surface area contributed by atoms with Crippen LogP contribution in [0.4, 0.5) is 0 Å². The van der Waals surface area contributed by atoms with E-state index in [0.29, 0.717) is 5.92 Å². The van der Waals surface area contributed by atoms with Gasteiger partial charge in [-0.1, -0.05) is 107 Å². The summed E-state index contributed by atoms with van der Waals surface area (Å²) in [6.45, 7) is 13.5. The second kappa shape index (κ2) is 9.09. The van der Waals surface area contributed by atoms with Crippen LogP contribution in [-0.2, 0) is 5.41 Å². The van der Waals surface area contributed by atoms with E-state index in [9.17, 15) is 0 Å². The fourth-order valence-electron chi connectivity index (χ4n) is 4.51. The topological polar surface area (TPSA) is 12.9 Å². The highest BCUT2D eigenvalue weighted by Crippen LogP contribution is 2.40. The van der Waals surface area contributed by atoms with E-state index in [-0.39, 0.29) is 5.41 Å². The lowest BCUT2D eigenvalue weighted by molar-refractivity contribution is 0.591. The van der Waals surface area contributed by atoms with Crippen molar-refractivity contribution in [1.82, 2.24) is 4.98 Å². The smallest absolute Gasteiger partial charge is 0.124 e. The first-order chi connectivity index (χ1) is 16.7. The molecule has 0 fully saturated rings. The lowest BCUT2D eigenvalue weighted by Gasteiger charge is -2.20. The van der Waals surface area contributed by atoms with Gasteiger partial charge < -0.3 is 0 Å². The molecule has 5 aromatic rings. The van der Waals surface area contributed by atoms with Crippen LogP contribution in [0, 0.1) is 6.92 Å². The van der Waals surface area contributed by atoms with Gasteiger partial charge >= 0.3 is 0 Å². The molecule has 0 aliphatic rings. The molecule has 176 valence electrons. The van der Waals surface area contributed by atoms with Crippen LogP contribution < -0.4 is 0 Å². The van der Waals surface area contributed by atoms with Crippen molar-refractivity contribution < 1.29 is 0 Å². The molecule has 0 N–H and O–H groups in total. The Bertz CT molecular complexity index is 1480. The molecule has 0 aliphatic carbocycles. The van der Waals surface area contributed by atoms with E-state index in [1.165, 1.54) is 49.2 Å². The Balaban J connectivity index is 1.61. The van der Waals surface area contributed by atoms with E-state index in [1.54, 1.807) is 11.3 Å². The summed E-state index contributed by atoms with van der Waals surface area (Å²) >= 11 is 1.80. The van der Waals surface area contributed by atoms with Crippen LogP contribution in [0.1, 0.15) is 57.2 Å². The highest BCUT2D eigenvalue weighted by Gasteiger charge is 2.20. The molecule has 35 heavy (non-hydrogen) atoms. The van der Waals surface area contributed by atoms with E-state index in [0.717, 1.165) is 10.5 Å². The molecule has 0 aliphatic heterocycles. The van der Waals surface area contributed by atoms with Crippen LogP contribution in [0.25, 0.3) is 43.0 Å². The number of rotatable bonds is 4. The van der Waals surface area contributed by atoms with Gasteiger partial charge in [0, 0.05) is 11.1 Å². The fraction of sp³-hybridized carbons (Fsp3) is 0.242. The van der Waals surface area contributed by atoms with E-state index in [1.807, 2.05) is 0 Å². The standard InChI is InChI=1S/C33H33NS/c1-21(2)23-11-13-24(14-12-23)25-15-17-26(18-16-25)29-19-27(33(4,5)6)20-30-31(29)34-32(35-30)28-10-8-7-9-22(28)3/h7-21H,1-6H3. The summed E-state index contributed by atoms with van der Waals surface area (Å²) < 4.78 is 1.25. The highest BCUT2D eigenvalue weighted by atomic mass is 32.1. The summed E-state index contributed by atoms with van der Waals surface area (Å²) in [5, 5.41) is 1.09. The van der Waals surface area contributed by atoms with Gasteiger partial charge in [0.1, 0.15) is 5.01 Å². The molecule has 1 heterocycles. The molecule has 0 radical (unpaired) electrons. The molecule has 0 saturated heterocycles. The number of aryl methyl sites for hydroxylation is 1. The Morgan fingerprint density at radius 1 is 0.714 bits per heavy atom. The van der Waals surface area contributed by atoms with Crippen LogP contribution in [0.3, 0.4) is 0 Å². The van der Waals surface area contributed by atoms with Crippen molar-refractivity contribution in [1.29, 1.82) is 0 Å². The third-order valence-electron chi connectivity index (χ3n) is 6.84. The predicted octanol–water partition coefficient (Wildman–Crippen LogP) is 10.0. The average molecular weight is 476 g/mol. The van der Waals surface area contributed by atoms with Crippen LogP contribution >= 0.6 is 11.3 Å². The van der Waals surface area contributed by atoms with E-state index >= 15 is 0 Å². The van der Waals surface area contributed by atoms with Crippen molar-refractivity contribution in [3.8, 4) is 32.8 Å². The van der Waals surface area contributed by atoms with Crippen molar-refractivity contribution >= 4 is 21.6 Å². The summed E-state index contributed by atoms with van der Waals surface area (Å²) in [4.78, 5) is 5.17. The summed E-state index contributed by atoms with van der Waals surface area (Å²) in [5.41, 5.74) is 11.3. The molecule has 0 bridgehead atoms. The molecule has 4 aromatic carbocycles. The second-order valence-corrected chi connectivity index (χ2v) is 11.8. The van der Waals surface area contributed by atoms with Gasteiger partial charge in [0.2, 0.25) is 0 Å². The van der Waals surface area contributed by atoms with Gasteiger partial charge in [0.15, 0.2) is 0 Å². The maximum absolute atomic E-state index is 5.17. The van der Waals surface area contributed by atoms with Crippen molar-refractivity contribution in [3.05, 3.63) is 102 Å². The van der Waals surface area contributed by atoms with Gasteiger partial charge in [0.25, 0.3) is 0 Å². The second-order valence-electron chi connectivity index (χ2n) is 10.8. The number of aromatic nitrogens is 1. The van der Waals surface area contributed by atoms with Crippen LogP contribution in [-0.4, -0.2) is 4.98 Å². The van der Waals surface area contributed by atoms with Gasteiger partial charge in [-0.3, -0.25) is 0 Å². The SMILES string of the molecule is Cc1ccccc1-c1nc2c(-c3ccc(-c4ccc(C(C)C)cc4)cc3)cc(C(C)(C)C)cc2s1. The number of benzene rings is 4. The van der Waals surface area contributed by atoms with Gasteiger partial charge in [-0.2, -0.15) is 0 Å². The molecular weight excluding hydrogens is 442 g/mol. The van der Waals surface area contributed by atoms with Gasteiger partial charge in [0.05, 0.1) is 10.2 Å².